The van der Waals surface area contributed by atoms with Crippen molar-refractivity contribution in [2.24, 2.45) is 5.92 Å². The normalized spacial score (nSPS) is 12.4. The van der Waals surface area contributed by atoms with E-state index in [2.05, 4.69) is 25.6 Å². The molecule has 1 unspecified atom stereocenters. The van der Waals surface area contributed by atoms with Gasteiger partial charge in [0.05, 0.1) is 19.1 Å². The maximum absolute atomic E-state index is 12.4. The summed E-state index contributed by atoms with van der Waals surface area (Å²) in [6.45, 7) is 4.62. The van der Waals surface area contributed by atoms with Gasteiger partial charge < -0.3 is 10.1 Å². The van der Waals surface area contributed by atoms with Crippen LogP contribution in [-0.4, -0.2) is 39.5 Å². The number of pyridine rings is 1. The van der Waals surface area contributed by atoms with Crippen LogP contribution in [0.1, 0.15) is 49.3 Å². The van der Waals surface area contributed by atoms with E-state index in [4.69, 9.17) is 4.74 Å². The summed E-state index contributed by atoms with van der Waals surface area (Å²) < 4.78 is 41.4. The van der Waals surface area contributed by atoms with Crippen molar-refractivity contribution >= 4 is 17.8 Å². The molecule has 8 nitrogen and oxygen atoms in total. The molecule has 0 fully saturated rings. The number of carbonyl (C=O) groups excluding carboxylic acids is 2. The lowest BCUT2D eigenvalue weighted by atomic mass is 10.1. The highest BCUT2D eigenvalue weighted by molar-refractivity contribution is 5.94. The van der Waals surface area contributed by atoms with Gasteiger partial charge in [-0.05, 0) is 18.6 Å². The summed E-state index contributed by atoms with van der Waals surface area (Å²) in [5.74, 6) is -0.946. The van der Waals surface area contributed by atoms with Crippen LogP contribution in [-0.2, 0) is 4.79 Å². The van der Waals surface area contributed by atoms with Gasteiger partial charge in [0.25, 0.3) is 5.91 Å². The number of alkyl halides is 3. The number of ether oxygens (including phenoxy) is 1. The zero-order chi connectivity index (χ0) is 22.3. The van der Waals surface area contributed by atoms with E-state index in [1.165, 1.54) is 24.5 Å². The Morgan fingerprint density at radius 1 is 1.13 bits per heavy atom. The molecule has 0 aliphatic rings. The Labute approximate surface area is 171 Å². The van der Waals surface area contributed by atoms with E-state index in [9.17, 15) is 22.8 Å². The number of nitrogens with zero attached hydrogens (tertiary/aromatic N) is 3. The second-order valence-electron chi connectivity index (χ2n) is 6.75. The first-order chi connectivity index (χ1) is 14.0. The molecule has 2 rings (SSSR count). The molecule has 0 aromatic carbocycles. The Hall–Kier alpha value is -3.24. The van der Waals surface area contributed by atoms with Crippen molar-refractivity contribution in [3.05, 3.63) is 41.9 Å². The number of hydrogen-bond donors (Lipinski definition) is 2. The van der Waals surface area contributed by atoms with Crippen LogP contribution in [0, 0.1) is 5.92 Å². The van der Waals surface area contributed by atoms with E-state index in [1.807, 2.05) is 0 Å². The maximum Gasteiger partial charge on any atom is 0.392 e. The molecule has 0 saturated carbocycles. The molecule has 0 radical (unpaired) electrons. The molecule has 0 saturated heterocycles. The minimum absolute atomic E-state index is 0.0241. The van der Waals surface area contributed by atoms with Crippen molar-refractivity contribution in [1.82, 2.24) is 20.3 Å². The first-order valence-electron chi connectivity index (χ1n) is 9.15. The summed E-state index contributed by atoms with van der Waals surface area (Å²) in [5, 5.41) is 5.25. The number of carbonyl (C=O) groups is 2. The van der Waals surface area contributed by atoms with Gasteiger partial charge in [-0.2, -0.15) is 13.2 Å². The van der Waals surface area contributed by atoms with Gasteiger partial charge >= 0.3 is 6.18 Å². The molecule has 162 valence electrons. The number of halogens is 3. The fraction of sp³-hybridized carbons (Fsp3) is 0.421. The second-order valence-corrected chi connectivity index (χ2v) is 6.75. The molecular weight excluding hydrogens is 403 g/mol. The molecule has 1 atom stereocenters. The lowest BCUT2D eigenvalue weighted by Gasteiger charge is -2.15. The van der Waals surface area contributed by atoms with E-state index in [-0.39, 0.29) is 29.3 Å². The van der Waals surface area contributed by atoms with E-state index in [1.54, 1.807) is 26.8 Å². The fourth-order valence-corrected chi connectivity index (χ4v) is 2.16. The fourth-order valence-electron chi connectivity index (χ4n) is 2.16. The Morgan fingerprint density at radius 2 is 1.87 bits per heavy atom. The summed E-state index contributed by atoms with van der Waals surface area (Å²) >= 11 is 0. The second kappa shape index (κ2) is 9.99. The number of anilines is 1. The molecule has 2 aromatic rings. The van der Waals surface area contributed by atoms with Gasteiger partial charge in [0.15, 0.2) is 0 Å². The Balaban J connectivity index is 1.94. The van der Waals surface area contributed by atoms with Crippen molar-refractivity contribution < 1.29 is 27.5 Å². The molecule has 0 bridgehead atoms. The molecule has 2 amide bonds. The average molecular weight is 425 g/mol. The predicted octanol–water partition coefficient (Wildman–Crippen LogP) is 3.29. The minimum atomic E-state index is -4.29. The molecule has 2 heterocycles. The van der Waals surface area contributed by atoms with Crippen molar-refractivity contribution in [2.75, 3.05) is 11.9 Å². The summed E-state index contributed by atoms with van der Waals surface area (Å²) in [6.07, 6.45) is -2.60. The van der Waals surface area contributed by atoms with Crippen LogP contribution in [0.3, 0.4) is 0 Å². The third kappa shape index (κ3) is 7.30. The first-order valence-corrected chi connectivity index (χ1v) is 9.15. The quantitative estimate of drug-likeness (QED) is 0.672. The lowest BCUT2D eigenvalue weighted by molar-refractivity contribution is -0.139. The molecule has 11 heteroatoms. The topological polar surface area (TPSA) is 106 Å². The number of nitrogens with one attached hydrogen (secondary N) is 2. The van der Waals surface area contributed by atoms with Crippen LogP contribution in [0.5, 0.6) is 5.88 Å². The highest BCUT2D eigenvalue weighted by atomic mass is 19.4. The number of rotatable bonds is 8. The lowest BCUT2D eigenvalue weighted by Crippen LogP contribution is -2.28. The Bertz CT molecular complexity index is 872. The molecular formula is C19H22F3N5O3. The van der Waals surface area contributed by atoms with Gasteiger partial charge in [-0.15, -0.1) is 0 Å². The third-order valence-corrected chi connectivity index (χ3v) is 3.89. The SMILES string of the molecule is CC(C)C(=O)Nc1nccc(C(=O)NC(C)c2ccc(OCCC(F)(F)F)nc2)n1. The van der Waals surface area contributed by atoms with E-state index >= 15 is 0 Å². The summed E-state index contributed by atoms with van der Waals surface area (Å²) in [4.78, 5) is 36.1. The monoisotopic (exact) mass is 425 g/mol. The molecule has 2 N–H and O–H groups in total. The Kier molecular flexibility index (Phi) is 7.67. The molecule has 0 aliphatic carbocycles. The van der Waals surface area contributed by atoms with Crippen LogP contribution in [0.25, 0.3) is 0 Å². The summed E-state index contributed by atoms with van der Waals surface area (Å²) in [5.41, 5.74) is 0.685. The van der Waals surface area contributed by atoms with Crippen molar-refractivity contribution in [3.63, 3.8) is 0 Å². The smallest absolute Gasteiger partial charge is 0.392 e. The number of hydrogen-bond acceptors (Lipinski definition) is 6. The van der Waals surface area contributed by atoms with Gasteiger partial charge in [0.1, 0.15) is 5.69 Å². The highest BCUT2D eigenvalue weighted by Crippen LogP contribution is 2.20. The average Bonchev–Trinajstić information content (AvgIpc) is 2.67. The van der Waals surface area contributed by atoms with Gasteiger partial charge in [-0.1, -0.05) is 19.9 Å². The minimum Gasteiger partial charge on any atom is -0.477 e. The zero-order valence-corrected chi connectivity index (χ0v) is 16.7. The van der Waals surface area contributed by atoms with Gasteiger partial charge in [-0.25, -0.2) is 15.0 Å². The number of aromatic nitrogens is 3. The first kappa shape index (κ1) is 23.0. The van der Waals surface area contributed by atoms with Crippen LogP contribution in [0.4, 0.5) is 19.1 Å². The summed E-state index contributed by atoms with van der Waals surface area (Å²) in [7, 11) is 0. The predicted molar refractivity (Wildman–Crippen MR) is 102 cm³/mol. The van der Waals surface area contributed by atoms with Crippen molar-refractivity contribution in [2.45, 2.75) is 39.4 Å². The standard InChI is InChI=1S/C19H22F3N5O3/c1-11(2)16(28)27-18-23-8-6-14(26-18)17(29)25-12(3)13-4-5-15(24-10-13)30-9-7-19(20,21)22/h4-6,8,10-12H,7,9H2,1-3H3,(H,25,29)(H,23,26,27,28). The molecule has 30 heavy (non-hydrogen) atoms. The maximum atomic E-state index is 12.4. The van der Waals surface area contributed by atoms with Crippen LogP contribution >= 0.6 is 0 Å². The van der Waals surface area contributed by atoms with Crippen molar-refractivity contribution in [1.29, 1.82) is 0 Å². The molecule has 2 aromatic heterocycles. The van der Waals surface area contributed by atoms with Gasteiger partial charge in [0.2, 0.25) is 17.7 Å². The molecule has 0 spiro atoms. The van der Waals surface area contributed by atoms with Gasteiger partial charge in [-0.3, -0.25) is 14.9 Å². The van der Waals surface area contributed by atoms with Crippen LogP contribution < -0.4 is 15.4 Å². The Morgan fingerprint density at radius 3 is 2.47 bits per heavy atom. The third-order valence-electron chi connectivity index (χ3n) is 3.89. The van der Waals surface area contributed by atoms with Crippen molar-refractivity contribution in [3.8, 4) is 5.88 Å². The van der Waals surface area contributed by atoms with E-state index in [0.717, 1.165) is 0 Å². The van der Waals surface area contributed by atoms with Gasteiger partial charge in [0, 0.05) is 24.4 Å². The number of amides is 2. The van der Waals surface area contributed by atoms with Crippen LogP contribution in [0.2, 0.25) is 0 Å². The highest BCUT2D eigenvalue weighted by Gasteiger charge is 2.27. The zero-order valence-electron chi connectivity index (χ0n) is 16.7. The largest absolute Gasteiger partial charge is 0.477 e. The summed E-state index contributed by atoms with van der Waals surface area (Å²) in [6, 6.07) is 3.97. The molecule has 0 aliphatic heterocycles. The van der Waals surface area contributed by atoms with E-state index in [0.29, 0.717) is 5.56 Å². The van der Waals surface area contributed by atoms with Crippen LogP contribution in [0.15, 0.2) is 30.6 Å². The van der Waals surface area contributed by atoms with E-state index < -0.39 is 31.2 Å².